The number of aliphatic imine (C=N–C) groups is 1. The van der Waals surface area contributed by atoms with Gasteiger partial charge in [0, 0.05) is 40.7 Å². The first-order valence-corrected chi connectivity index (χ1v) is 12.2. The fraction of sp³-hybridized carbons (Fsp3) is 0.185. The average molecular weight is 513 g/mol. The van der Waals surface area contributed by atoms with Crippen LogP contribution in [0.2, 0.25) is 5.02 Å². The van der Waals surface area contributed by atoms with Gasteiger partial charge in [0.15, 0.2) is 0 Å². The number of hydrogen-bond acceptors (Lipinski definition) is 6. The molecule has 0 fully saturated rings. The molecule has 0 amide bonds. The van der Waals surface area contributed by atoms with Gasteiger partial charge in [0.1, 0.15) is 6.33 Å². The first kappa shape index (κ1) is 23.1. The highest BCUT2D eigenvalue weighted by Crippen LogP contribution is 2.36. The Kier molecular flexibility index (Phi) is 5.77. The second kappa shape index (κ2) is 9.25. The van der Waals surface area contributed by atoms with E-state index in [4.69, 9.17) is 16.7 Å². The molecular weight excluding hydrogens is 492 g/mol. The van der Waals surface area contributed by atoms with Crippen molar-refractivity contribution in [2.24, 2.45) is 4.99 Å². The zero-order valence-electron chi connectivity index (χ0n) is 19.6. The van der Waals surface area contributed by atoms with Crippen LogP contribution in [0.3, 0.4) is 0 Å². The van der Waals surface area contributed by atoms with Gasteiger partial charge in [0.05, 0.1) is 18.2 Å². The normalized spacial score (nSPS) is 16.4. The molecule has 0 saturated carbocycles. The van der Waals surface area contributed by atoms with Crippen LogP contribution in [0.4, 0.5) is 0 Å². The van der Waals surface area contributed by atoms with Crippen molar-refractivity contribution in [2.45, 2.75) is 31.7 Å². The van der Waals surface area contributed by atoms with E-state index in [0.717, 1.165) is 57.8 Å². The maximum Gasteiger partial charge on any atom is 0.307 e. The molecular formula is C27H21ClN6O3. The maximum absolute atomic E-state index is 13.4. The second-order valence-corrected chi connectivity index (χ2v) is 9.57. The van der Waals surface area contributed by atoms with E-state index in [1.165, 1.54) is 6.33 Å². The first-order chi connectivity index (χ1) is 18.0. The van der Waals surface area contributed by atoms with Crippen molar-refractivity contribution in [1.82, 2.24) is 24.8 Å². The molecule has 0 radical (unpaired) electrons. The molecule has 6 rings (SSSR count). The monoisotopic (exact) mass is 512 g/mol. The Hall–Kier alpha value is -4.37. The van der Waals surface area contributed by atoms with Gasteiger partial charge in [-0.25, -0.2) is 0 Å². The molecule has 0 spiro atoms. The van der Waals surface area contributed by atoms with Crippen molar-refractivity contribution in [3.8, 4) is 16.8 Å². The minimum atomic E-state index is -0.862. The summed E-state index contributed by atoms with van der Waals surface area (Å²) in [5, 5.41) is 21.1. The number of allylic oxidation sites excluding steroid dienone is 1. The number of fused-ring (bicyclic) bond motifs is 1. The van der Waals surface area contributed by atoms with Gasteiger partial charge in [-0.2, -0.15) is 4.68 Å². The molecule has 2 aromatic carbocycles. The van der Waals surface area contributed by atoms with Gasteiger partial charge < -0.3 is 9.67 Å². The van der Waals surface area contributed by atoms with Gasteiger partial charge in [-0.1, -0.05) is 35.9 Å². The van der Waals surface area contributed by atoms with Crippen molar-refractivity contribution < 1.29 is 9.90 Å². The van der Waals surface area contributed by atoms with Crippen LogP contribution in [0.5, 0.6) is 0 Å². The molecule has 9 nitrogen and oxygen atoms in total. The standard InChI is InChI=1S/C27H21ClN6O3/c28-20-4-6-24(33-15-30-31-32-33)22(13-20)18-10-21-5-7-25(34(21)26(35)12-18)23-11-19(14-29-23)17-3-1-2-16(8-17)9-27(36)37/h1-4,6,8,10,12-15,25H,5,7,9,11H2,(H,36,37)/t25-/m0/s1. The molecule has 1 N–H and O–H groups in total. The summed E-state index contributed by atoms with van der Waals surface area (Å²) in [6, 6.07) is 16.5. The van der Waals surface area contributed by atoms with Crippen LogP contribution in [0.1, 0.15) is 35.7 Å². The van der Waals surface area contributed by atoms with Crippen molar-refractivity contribution in [3.05, 3.63) is 99.3 Å². The minimum absolute atomic E-state index is 0.0235. The summed E-state index contributed by atoms with van der Waals surface area (Å²) in [7, 11) is 0. The molecule has 184 valence electrons. The number of halogens is 1. The first-order valence-electron chi connectivity index (χ1n) is 11.8. The van der Waals surface area contributed by atoms with Crippen LogP contribution >= 0.6 is 11.6 Å². The predicted octanol–water partition coefficient (Wildman–Crippen LogP) is 4.14. The van der Waals surface area contributed by atoms with Crippen LogP contribution in [0.25, 0.3) is 22.4 Å². The predicted molar refractivity (Wildman–Crippen MR) is 139 cm³/mol. The van der Waals surface area contributed by atoms with Crippen molar-refractivity contribution >= 4 is 28.9 Å². The second-order valence-electron chi connectivity index (χ2n) is 9.14. The smallest absolute Gasteiger partial charge is 0.307 e. The van der Waals surface area contributed by atoms with Gasteiger partial charge in [-0.15, -0.1) is 5.10 Å². The van der Waals surface area contributed by atoms with E-state index in [-0.39, 0.29) is 18.0 Å². The Labute approximate surface area is 216 Å². The highest BCUT2D eigenvalue weighted by molar-refractivity contribution is 6.31. The molecule has 0 bridgehead atoms. The Balaban J connectivity index is 1.28. The number of nitrogens with zero attached hydrogens (tertiary/aromatic N) is 6. The number of aliphatic carboxylic acids is 1. The Morgan fingerprint density at radius 3 is 2.81 bits per heavy atom. The topological polar surface area (TPSA) is 115 Å². The third kappa shape index (κ3) is 4.38. The number of carbonyl (C=O) groups is 1. The van der Waals surface area contributed by atoms with Crippen LogP contribution in [-0.4, -0.2) is 41.6 Å². The largest absolute Gasteiger partial charge is 0.481 e. The molecule has 2 aliphatic rings. The van der Waals surface area contributed by atoms with E-state index in [2.05, 4.69) is 20.5 Å². The van der Waals surface area contributed by atoms with Crippen molar-refractivity contribution in [3.63, 3.8) is 0 Å². The summed E-state index contributed by atoms with van der Waals surface area (Å²) in [6.45, 7) is 0. The van der Waals surface area contributed by atoms with Crippen molar-refractivity contribution in [2.75, 3.05) is 0 Å². The molecule has 2 aromatic heterocycles. The van der Waals surface area contributed by atoms with Gasteiger partial charge in [-0.05, 0) is 69.8 Å². The van der Waals surface area contributed by atoms with E-state index in [1.807, 2.05) is 53.2 Å². The van der Waals surface area contributed by atoms with E-state index in [0.29, 0.717) is 11.4 Å². The SMILES string of the molecule is O=C(O)Cc1cccc(C2=CN=C([C@@H]3CCc4cc(-c5cc(Cl)ccc5-n5cnnn5)cc(=O)n43)C2)c1. The lowest BCUT2D eigenvalue weighted by molar-refractivity contribution is -0.136. The lowest BCUT2D eigenvalue weighted by atomic mass is 9.97. The number of benzene rings is 2. The highest BCUT2D eigenvalue weighted by atomic mass is 35.5. The molecule has 0 unspecified atom stereocenters. The van der Waals surface area contributed by atoms with Crippen LogP contribution in [0, 0.1) is 0 Å². The molecule has 0 aliphatic carbocycles. The Morgan fingerprint density at radius 2 is 2.00 bits per heavy atom. The van der Waals surface area contributed by atoms with Gasteiger partial charge >= 0.3 is 5.97 Å². The summed E-state index contributed by atoms with van der Waals surface area (Å²) >= 11 is 6.30. The molecule has 10 heteroatoms. The van der Waals surface area contributed by atoms with E-state index in [1.54, 1.807) is 16.8 Å². The zero-order valence-corrected chi connectivity index (χ0v) is 20.3. The number of rotatable bonds is 6. The lowest BCUT2D eigenvalue weighted by Gasteiger charge is -2.17. The fourth-order valence-corrected chi connectivity index (χ4v) is 5.33. The molecule has 4 heterocycles. The van der Waals surface area contributed by atoms with E-state index in [9.17, 15) is 9.59 Å². The summed E-state index contributed by atoms with van der Waals surface area (Å²) in [6.07, 6.45) is 5.46. The zero-order chi connectivity index (χ0) is 25.5. The van der Waals surface area contributed by atoms with Gasteiger partial charge in [0.2, 0.25) is 0 Å². The molecule has 1 atom stereocenters. The van der Waals surface area contributed by atoms with Crippen LogP contribution < -0.4 is 5.56 Å². The molecule has 37 heavy (non-hydrogen) atoms. The number of tetrazole rings is 1. The van der Waals surface area contributed by atoms with Crippen molar-refractivity contribution in [1.29, 1.82) is 0 Å². The number of hydrogen-bond donors (Lipinski definition) is 1. The third-order valence-electron chi connectivity index (χ3n) is 6.79. The summed E-state index contributed by atoms with van der Waals surface area (Å²) < 4.78 is 3.38. The van der Waals surface area contributed by atoms with E-state index < -0.39 is 5.97 Å². The third-order valence-corrected chi connectivity index (χ3v) is 7.03. The summed E-state index contributed by atoms with van der Waals surface area (Å²) in [4.78, 5) is 29.2. The maximum atomic E-state index is 13.4. The summed E-state index contributed by atoms with van der Waals surface area (Å²) in [5.74, 6) is -0.862. The number of aromatic nitrogens is 5. The lowest BCUT2D eigenvalue weighted by Crippen LogP contribution is -2.27. The van der Waals surface area contributed by atoms with Gasteiger partial charge in [-0.3, -0.25) is 14.6 Å². The van der Waals surface area contributed by atoms with Gasteiger partial charge in [0.25, 0.3) is 5.56 Å². The Morgan fingerprint density at radius 1 is 1.11 bits per heavy atom. The number of pyridine rings is 1. The number of carboxylic acids is 1. The molecule has 4 aromatic rings. The Bertz CT molecular complexity index is 1660. The van der Waals surface area contributed by atoms with E-state index >= 15 is 0 Å². The number of aryl methyl sites for hydroxylation is 1. The van der Waals surface area contributed by atoms with Crippen LogP contribution in [-0.2, 0) is 17.6 Å². The number of carboxylic acid groups (broad SMARTS) is 1. The molecule has 2 aliphatic heterocycles. The molecule has 0 saturated heterocycles. The average Bonchev–Trinajstić information content (AvgIpc) is 3.64. The fourth-order valence-electron chi connectivity index (χ4n) is 5.16. The summed E-state index contributed by atoms with van der Waals surface area (Å²) in [5.41, 5.74) is 6.75. The highest BCUT2D eigenvalue weighted by Gasteiger charge is 2.30. The van der Waals surface area contributed by atoms with Crippen LogP contribution in [0.15, 0.2) is 76.9 Å². The minimum Gasteiger partial charge on any atom is -0.481 e. The quantitative estimate of drug-likeness (QED) is 0.415.